The van der Waals surface area contributed by atoms with E-state index in [2.05, 4.69) is 0 Å². The van der Waals surface area contributed by atoms with Crippen molar-refractivity contribution in [3.8, 4) is 5.75 Å². The summed E-state index contributed by atoms with van der Waals surface area (Å²) >= 11 is 0. The van der Waals surface area contributed by atoms with Gasteiger partial charge in [-0.15, -0.1) is 0 Å². The van der Waals surface area contributed by atoms with Gasteiger partial charge in [0.1, 0.15) is 11.4 Å². The maximum Gasteiger partial charge on any atom is 0.131 e. The van der Waals surface area contributed by atoms with Crippen LogP contribution in [0.1, 0.15) is 43.6 Å². The maximum atomic E-state index is 9.71. The van der Waals surface area contributed by atoms with Gasteiger partial charge in [0.2, 0.25) is 0 Å². The van der Waals surface area contributed by atoms with Gasteiger partial charge in [-0.1, -0.05) is 18.2 Å². The van der Waals surface area contributed by atoms with E-state index in [4.69, 9.17) is 4.74 Å². The Morgan fingerprint density at radius 1 is 1.31 bits per heavy atom. The summed E-state index contributed by atoms with van der Waals surface area (Å²) in [5.74, 6) is 0.894. The number of hydrogen-bond donors (Lipinski definition) is 1. The predicted octanol–water partition coefficient (Wildman–Crippen LogP) is 3.23. The molecule has 0 aromatic heterocycles. The van der Waals surface area contributed by atoms with Crippen LogP contribution in [0.4, 0.5) is 0 Å². The fourth-order valence-corrected chi connectivity index (χ4v) is 1.98. The molecule has 1 heterocycles. The molecule has 1 atom stereocenters. The molecule has 0 fully saturated rings. The molecule has 0 saturated heterocycles. The molecule has 1 aromatic rings. The van der Waals surface area contributed by atoms with Crippen molar-refractivity contribution in [3.63, 3.8) is 0 Å². The zero-order valence-electron chi connectivity index (χ0n) is 10.2. The predicted molar refractivity (Wildman–Crippen MR) is 65.6 cm³/mol. The molecule has 0 amide bonds. The summed E-state index contributed by atoms with van der Waals surface area (Å²) in [7, 11) is 0. The molecule has 1 N–H and O–H groups in total. The second-order valence-corrected chi connectivity index (χ2v) is 4.93. The number of benzene rings is 1. The van der Waals surface area contributed by atoms with Crippen LogP contribution in [0.2, 0.25) is 0 Å². The van der Waals surface area contributed by atoms with Crippen molar-refractivity contribution in [3.05, 3.63) is 34.9 Å². The first-order valence-electron chi connectivity index (χ1n) is 5.60. The van der Waals surface area contributed by atoms with Crippen molar-refractivity contribution < 1.29 is 9.84 Å². The van der Waals surface area contributed by atoms with E-state index in [0.29, 0.717) is 0 Å². The van der Waals surface area contributed by atoms with Gasteiger partial charge in [0.25, 0.3) is 0 Å². The quantitative estimate of drug-likeness (QED) is 0.784. The van der Waals surface area contributed by atoms with E-state index in [1.807, 2.05) is 45.1 Å². The highest BCUT2D eigenvalue weighted by Gasteiger charge is 2.25. The number of rotatable bonds is 1. The fourth-order valence-electron chi connectivity index (χ4n) is 1.98. The van der Waals surface area contributed by atoms with Gasteiger partial charge in [-0.3, -0.25) is 0 Å². The Kier molecular flexibility index (Phi) is 2.55. The van der Waals surface area contributed by atoms with Crippen LogP contribution in [0.25, 0.3) is 6.08 Å². The molecule has 2 nitrogen and oxygen atoms in total. The second-order valence-electron chi connectivity index (χ2n) is 4.93. The lowest BCUT2D eigenvalue weighted by Gasteiger charge is -2.30. The molecular formula is C14H18O2. The normalized spacial score (nSPS) is 18.8. The summed E-state index contributed by atoms with van der Waals surface area (Å²) in [6.45, 7) is 7.86. The van der Waals surface area contributed by atoms with E-state index in [-0.39, 0.29) is 5.60 Å². The minimum Gasteiger partial charge on any atom is -0.483 e. The Labute approximate surface area is 96.6 Å². The first kappa shape index (κ1) is 11.2. The van der Waals surface area contributed by atoms with Crippen LogP contribution in [-0.2, 0) is 0 Å². The van der Waals surface area contributed by atoms with E-state index in [0.717, 1.165) is 22.4 Å². The highest BCUT2D eigenvalue weighted by Crippen LogP contribution is 2.37. The van der Waals surface area contributed by atoms with Crippen LogP contribution in [-0.4, -0.2) is 10.7 Å². The lowest BCUT2D eigenvalue weighted by Crippen LogP contribution is -2.28. The molecule has 1 aliphatic heterocycles. The molecular weight excluding hydrogens is 200 g/mol. The standard InChI is InChI=1S/C14H18O2/c1-9-5-6-11(10(2)15)12-7-8-14(3,4)16-13(9)12/h5-8,10,15H,1-4H3/t10-/m1/s1. The number of aliphatic hydroxyl groups is 1. The van der Waals surface area contributed by atoms with Crippen molar-refractivity contribution in [2.45, 2.75) is 39.4 Å². The van der Waals surface area contributed by atoms with Gasteiger partial charge in [0.05, 0.1) is 6.10 Å². The van der Waals surface area contributed by atoms with Gasteiger partial charge >= 0.3 is 0 Å². The SMILES string of the molecule is Cc1ccc([C@@H](C)O)c2c1OC(C)(C)C=C2. The molecule has 1 aromatic carbocycles. The van der Waals surface area contributed by atoms with Crippen molar-refractivity contribution in [1.29, 1.82) is 0 Å². The Morgan fingerprint density at radius 2 is 2.00 bits per heavy atom. The maximum absolute atomic E-state index is 9.71. The van der Waals surface area contributed by atoms with Crippen molar-refractivity contribution in [2.24, 2.45) is 0 Å². The van der Waals surface area contributed by atoms with Gasteiger partial charge < -0.3 is 9.84 Å². The fraction of sp³-hybridized carbons (Fsp3) is 0.429. The molecule has 16 heavy (non-hydrogen) atoms. The van der Waals surface area contributed by atoms with Crippen LogP contribution in [0.15, 0.2) is 18.2 Å². The van der Waals surface area contributed by atoms with Gasteiger partial charge in [0, 0.05) is 5.56 Å². The summed E-state index contributed by atoms with van der Waals surface area (Å²) < 4.78 is 5.94. The van der Waals surface area contributed by atoms with Crippen molar-refractivity contribution >= 4 is 6.08 Å². The third kappa shape index (κ3) is 1.85. The first-order chi connectivity index (χ1) is 7.41. The Balaban J connectivity index is 2.60. The van der Waals surface area contributed by atoms with Crippen molar-refractivity contribution in [1.82, 2.24) is 0 Å². The highest BCUT2D eigenvalue weighted by atomic mass is 16.5. The molecule has 0 radical (unpaired) electrons. The summed E-state index contributed by atoms with van der Waals surface area (Å²) in [6.07, 6.45) is 3.61. The monoisotopic (exact) mass is 218 g/mol. The molecule has 0 bridgehead atoms. The van der Waals surface area contributed by atoms with Crippen LogP contribution < -0.4 is 4.74 Å². The molecule has 1 aliphatic rings. The first-order valence-corrected chi connectivity index (χ1v) is 5.60. The van der Waals surface area contributed by atoms with E-state index < -0.39 is 6.10 Å². The molecule has 0 unspecified atom stereocenters. The van der Waals surface area contributed by atoms with Gasteiger partial charge in [-0.05, 0) is 44.9 Å². The molecule has 0 aliphatic carbocycles. The average Bonchev–Trinajstić information content (AvgIpc) is 2.18. The second kappa shape index (κ2) is 3.63. The van der Waals surface area contributed by atoms with Gasteiger partial charge in [-0.2, -0.15) is 0 Å². The molecule has 2 rings (SSSR count). The smallest absolute Gasteiger partial charge is 0.131 e. The Bertz CT molecular complexity index is 442. The lowest BCUT2D eigenvalue weighted by molar-refractivity contribution is 0.155. The number of hydrogen-bond acceptors (Lipinski definition) is 2. The number of aliphatic hydroxyl groups excluding tert-OH is 1. The summed E-state index contributed by atoms with van der Waals surface area (Å²) in [6, 6.07) is 3.96. The van der Waals surface area contributed by atoms with Gasteiger partial charge in [-0.25, -0.2) is 0 Å². The Hall–Kier alpha value is -1.28. The summed E-state index contributed by atoms with van der Waals surface area (Å²) in [5.41, 5.74) is 2.77. The van der Waals surface area contributed by atoms with Crippen LogP contribution in [0.3, 0.4) is 0 Å². The van der Waals surface area contributed by atoms with Crippen molar-refractivity contribution in [2.75, 3.05) is 0 Å². The van der Waals surface area contributed by atoms with Crippen LogP contribution in [0.5, 0.6) is 5.75 Å². The largest absolute Gasteiger partial charge is 0.483 e. The zero-order chi connectivity index (χ0) is 11.9. The number of fused-ring (bicyclic) bond motifs is 1. The Morgan fingerprint density at radius 3 is 2.62 bits per heavy atom. The van der Waals surface area contributed by atoms with Crippen LogP contribution in [0, 0.1) is 6.92 Å². The molecule has 0 spiro atoms. The minimum atomic E-state index is -0.469. The summed E-state index contributed by atoms with van der Waals surface area (Å²) in [4.78, 5) is 0. The highest BCUT2D eigenvalue weighted by molar-refractivity contribution is 5.66. The third-order valence-corrected chi connectivity index (χ3v) is 2.89. The average molecular weight is 218 g/mol. The zero-order valence-corrected chi connectivity index (χ0v) is 10.2. The topological polar surface area (TPSA) is 29.5 Å². The molecule has 2 heteroatoms. The van der Waals surface area contributed by atoms with Crippen LogP contribution >= 0.6 is 0 Å². The van der Waals surface area contributed by atoms with E-state index in [1.54, 1.807) is 6.92 Å². The summed E-state index contributed by atoms with van der Waals surface area (Å²) in [5, 5.41) is 9.71. The lowest BCUT2D eigenvalue weighted by atomic mass is 9.94. The minimum absolute atomic E-state index is 0.269. The third-order valence-electron chi connectivity index (χ3n) is 2.89. The molecule has 86 valence electrons. The molecule has 0 saturated carbocycles. The van der Waals surface area contributed by atoms with E-state index in [1.165, 1.54) is 0 Å². The van der Waals surface area contributed by atoms with Gasteiger partial charge in [0.15, 0.2) is 0 Å². The van der Waals surface area contributed by atoms with E-state index >= 15 is 0 Å². The number of aryl methyl sites for hydroxylation is 1. The van der Waals surface area contributed by atoms with E-state index in [9.17, 15) is 5.11 Å². The number of ether oxygens (including phenoxy) is 1.